The molecule has 6 nitrogen and oxygen atoms in total. The molecule has 40 heavy (non-hydrogen) atoms. The number of ketones is 1. The molecule has 0 aromatic heterocycles. The second kappa shape index (κ2) is 11.8. The lowest BCUT2D eigenvalue weighted by molar-refractivity contribution is -0.114. The molecule has 1 N–H and O–H groups in total. The number of nitrogens with one attached hydrogen (secondary N) is 1. The first-order valence-corrected chi connectivity index (χ1v) is 14.6. The molecular weight excluding hydrogens is 567 g/mol. The number of sulfonamides is 1. The van der Waals surface area contributed by atoms with Crippen LogP contribution in [0.25, 0.3) is 0 Å². The molecular formula is C31H28Cl2N2O4S. The van der Waals surface area contributed by atoms with Crippen molar-refractivity contribution in [1.82, 2.24) is 0 Å². The molecule has 0 unspecified atom stereocenters. The smallest absolute Gasteiger partial charge is 0.264 e. The van der Waals surface area contributed by atoms with Gasteiger partial charge in [0.2, 0.25) is 5.91 Å². The van der Waals surface area contributed by atoms with Crippen molar-refractivity contribution in [2.75, 3.05) is 16.2 Å². The molecule has 0 aliphatic carbocycles. The second-order valence-electron chi connectivity index (χ2n) is 10.2. The van der Waals surface area contributed by atoms with Crippen molar-refractivity contribution >= 4 is 56.3 Å². The van der Waals surface area contributed by atoms with Gasteiger partial charge in [0.15, 0.2) is 5.78 Å². The third-order valence-electron chi connectivity index (χ3n) is 6.22. The first kappa shape index (κ1) is 29.3. The van der Waals surface area contributed by atoms with Gasteiger partial charge < -0.3 is 5.32 Å². The summed E-state index contributed by atoms with van der Waals surface area (Å²) in [6.07, 6.45) is 0. The number of benzene rings is 4. The van der Waals surface area contributed by atoms with Gasteiger partial charge >= 0.3 is 0 Å². The molecule has 1 amide bonds. The zero-order valence-corrected chi connectivity index (χ0v) is 24.5. The molecule has 0 spiro atoms. The van der Waals surface area contributed by atoms with Crippen LogP contribution in [-0.4, -0.2) is 26.7 Å². The molecule has 0 atom stereocenters. The highest BCUT2D eigenvalue weighted by Gasteiger charge is 2.29. The van der Waals surface area contributed by atoms with Crippen molar-refractivity contribution in [3.63, 3.8) is 0 Å². The summed E-state index contributed by atoms with van der Waals surface area (Å²) >= 11 is 12.4. The third kappa shape index (κ3) is 6.73. The fraction of sp³-hybridized carbons (Fsp3) is 0.161. The number of amides is 1. The van der Waals surface area contributed by atoms with Crippen LogP contribution in [0.4, 0.5) is 11.4 Å². The maximum absolute atomic E-state index is 13.6. The minimum absolute atomic E-state index is 0.00103. The zero-order chi connectivity index (χ0) is 29.1. The normalized spacial score (nSPS) is 11.6. The number of nitrogens with zero attached hydrogens (tertiary/aromatic N) is 1. The first-order chi connectivity index (χ1) is 18.9. The Bertz CT molecular complexity index is 1650. The first-order valence-electron chi connectivity index (χ1n) is 12.4. The Hall–Kier alpha value is -3.65. The zero-order valence-electron chi connectivity index (χ0n) is 22.2. The van der Waals surface area contributed by atoms with Gasteiger partial charge in [-0.2, -0.15) is 0 Å². The molecule has 0 aliphatic heterocycles. The van der Waals surface area contributed by atoms with Crippen molar-refractivity contribution in [3.8, 4) is 0 Å². The van der Waals surface area contributed by atoms with Crippen LogP contribution < -0.4 is 9.62 Å². The van der Waals surface area contributed by atoms with Gasteiger partial charge in [-0.05, 0) is 53.4 Å². The SMILES string of the molecule is CC(C)(C)c1ccc(C(=O)c2cccc(NC(=O)CN(c3ccc(Cl)cc3Cl)S(=O)(=O)c3ccccc3)c2)cc1. The van der Waals surface area contributed by atoms with Crippen LogP contribution >= 0.6 is 23.2 Å². The minimum atomic E-state index is -4.16. The Kier molecular flexibility index (Phi) is 8.68. The fourth-order valence-corrected chi connectivity index (χ4v) is 6.08. The van der Waals surface area contributed by atoms with E-state index in [1.165, 1.54) is 30.3 Å². The number of hydrogen-bond donors (Lipinski definition) is 1. The van der Waals surface area contributed by atoms with Gasteiger partial charge in [0.1, 0.15) is 6.54 Å². The third-order valence-corrected chi connectivity index (χ3v) is 8.53. The average molecular weight is 596 g/mol. The van der Waals surface area contributed by atoms with Gasteiger partial charge in [-0.15, -0.1) is 0 Å². The topological polar surface area (TPSA) is 83.6 Å². The van der Waals surface area contributed by atoms with E-state index in [1.807, 2.05) is 12.1 Å². The summed E-state index contributed by atoms with van der Waals surface area (Å²) in [4.78, 5) is 26.3. The van der Waals surface area contributed by atoms with Gasteiger partial charge in [0, 0.05) is 21.8 Å². The monoisotopic (exact) mass is 594 g/mol. The van der Waals surface area contributed by atoms with Crippen LogP contribution in [0.1, 0.15) is 42.3 Å². The summed E-state index contributed by atoms with van der Waals surface area (Å²) in [7, 11) is -4.16. The highest BCUT2D eigenvalue weighted by Crippen LogP contribution is 2.33. The molecule has 4 rings (SSSR count). The Morgan fingerprint density at radius 2 is 1.48 bits per heavy atom. The standard InChI is InChI=1S/C31H28Cl2N2O4S/c1-31(2,3)23-14-12-21(13-15-23)30(37)22-8-7-9-25(18-22)34-29(36)20-35(28-17-16-24(32)19-27(28)33)40(38,39)26-10-5-4-6-11-26/h4-19H,20H2,1-3H3,(H,34,36). The molecule has 0 radical (unpaired) electrons. The van der Waals surface area contributed by atoms with E-state index in [4.69, 9.17) is 23.2 Å². The number of carbonyl (C=O) groups excluding carboxylic acids is 2. The molecule has 4 aromatic carbocycles. The minimum Gasteiger partial charge on any atom is -0.324 e. The molecule has 9 heteroatoms. The van der Waals surface area contributed by atoms with E-state index in [0.29, 0.717) is 21.8 Å². The van der Waals surface area contributed by atoms with Gasteiger partial charge in [-0.1, -0.05) is 98.6 Å². The Balaban J connectivity index is 1.58. The molecule has 0 saturated carbocycles. The van der Waals surface area contributed by atoms with E-state index in [0.717, 1.165) is 9.87 Å². The van der Waals surface area contributed by atoms with Crippen molar-refractivity contribution < 1.29 is 18.0 Å². The van der Waals surface area contributed by atoms with Crippen molar-refractivity contribution in [3.05, 3.63) is 124 Å². The number of anilines is 2. The van der Waals surface area contributed by atoms with Gasteiger partial charge in [0.25, 0.3) is 10.0 Å². The van der Waals surface area contributed by atoms with Crippen LogP contribution in [0.15, 0.2) is 102 Å². The van der Waals surface area contributed by atoms with E-state index >= 15 is 0 Å². The number of carbonyl (C=O) groups is 2. The Morgan fingerprint density at radius 3 is 2.10 bits per heavy atom. The maximum Gasteiger partial charge on any atom is 0.264 e. The van der Waals surface area contributed by atoms with E-state index in [9.17, 15) is 18.0 Å². The van der Waals surface area contributed by atoms with E-state index in [-0.39, 0.29) is 26.8 Å². The second-order valence-corrected chi connectivity index (χ2v) is 12.9. The molecule has 0 aliphatic rings. The summed E-state index contributed by atoms with van der Waals surface area (Å²) < 4.78 is 28.0. The van der Waals surface area contributed by atoms with Crippen molar-refractivity contribution in [2.24, 2.45) is 0 Å². The largest absolute Gasteiger partial charge is 0.324 e. The quantitative estimate of drug-likeness (QED) is 0.216. The lowest BCUT2D eigenvalue weighted by Gasteiger charge is -2.25. The van der Waals surface area contributed by atoms with Crippen LogP contribution in [0.3, 0.4) is 0 Å². The van der Waals surface area contributed by atoms with E-state index < -0.39 is 22.5 Å². The van der Waals surface area contributed by atoms with Crippen LogP contribution in [0, 0.1) is 0 Å². The summed E-state index contributed by atoms with van der Waals surface area (Å²) in [6.45, 7) is 5.74. The summed E-state index contributed by atoms with van der Waals surface area (Å²) in [5.74, 6) is -0.817. The molecule has 0 fully saturated rings. The highest BCUT2D eigenvalue weighted by atomic mass is 35.5. The van der Waals surface area contributed by atoms with Gasteiger partial charge in [0.05, 0.1) is 15.6 Å². The predicted molar refractivity (Wildman–Crippen MR) is 161 cm³/mol. The van der Waals surface area contributed by atoms with Gasteiger partial charge in [-0.25, -0.2) is 8.42 Å². The summed E-state index contributed by atoms with van der Waals surface area (Å²) in [5, 5.41) is 3.10. The molecule has 4 aromatic rings. The Labute approximate surface area is 244 Å². The highest BCUT2D eigenvalue weighted by molar-refractivity contribution is 7.92. The Morgan fingerprint density at radius 1 is 0.800 bits per heavy atom. The maximum atomic E-state index is 13.6. The fourth-order valence-electron chi connectivity index (χ4n) is 4.06. The number of rotatable bonds is 8. The molecule has 0 bridgehead atoms. The lowest BCUT2D eigenvalue weighted by atomic mass is 9.86. The van der Waals surface area contributed by atoms with E-state index in [2.05, 4.69) is 26.1 Å². The molecule has 0 heterocycles. The summed E-state index contributed by atoms with van der Waals surface area (Å²) in [6, 6.07) is 26.0. The van der Waals surface area contributed by atoms with Crippen LogP contribution in [-0.2, 0) is 20.2 Å². The van der Waals surface area contributed by atoms with E-state index in [1.54, 1.807) is 54.6 Å². The lowest BCUT2D eigenvalue weighted by Crippen LogP contribution is -2.38. The van der Waals surface area contributed by atoms with Gasteiger partial charge in [-0.3, -0.25) is 13.9 Å². The van der Waals surface area contributed by atoms with Crippen LogP contribution in [0.5, 0.6) is 0 Å². The number of hydrogen-bond acceptors (Lipinski definition) is 4. The average Bonchev–Trinajstić information content (AvgIpc) is 2.92. The molecule has 206 valence electrons. The van der Waals surface area contributed by atoms with Crippen molar-refractivity contribution in [2.45, 2.75) is 31.1 Å². The predicted octanol–water partition coefficient (Wildman–Crippen LogP) is 7.36. The molecule has 0 saturated heterocycles. The van der Waals surface area contributed by atoms with Crippen LogP contribution in [0.2, 0.25) is 10.0 Å². The van der Waals surface area contributed by atoms with Crippen molar-refractivity contribution in [1.29, 1.82) is 0 Å². The summed E-state index contributed by atoms with van der Waals surface area (Å²) in [5.41, 5.74) is 2.43. The number of halogens is 2.